The maximum absolute atomic E-state index is 12.6. The number of benzene rings is 1. The summed E-state index contributed by atoms with van der Waals surface area (Å²) in [5.74, 6) is 0.364. The molecule has 6 nitrogen and oxygen atoms in total. The van der Waals surface area contributed by atoms with Gasteiger partial charge >= 0.3 is 0 Å². The third-order valence-corrected chi connectivity index (χ3v) is 5.46. The van der Waals surface area contributed by atoms with Gasteiger partial charge in [-0.2, -0.15) is 0 Å². The quantitative estimate of drug-likeness (QED) is 0.566. The first-order chi connectivity index (χ1) is 12.5. The summed E-state index contributed by atoms with van der Waals surface area (Å²) >= 11 is 0. The maximum atomic E-state index is 12.6. The Kier molecular flexibility index (Phi) is 5.71. The molecule has 1 N–H and O–H groups in total. The molecule has 1 aliphatic heterocycles. The Morgan fingerprint density at radius 1 is 1.19 bits per heavy atom. The topological polar surface area (TPSA) is 75.7 Å². The molecule has 0 aromatic heterocycles. The van der Waals surface area contributed by atoms with Gasteiger partial charge in [0.25, 0.3) is 0 Å². The van der Waals surface area contributed by atoms with Crippen LogP contribution in [-0.2, 0) is 20.8 Å². The zero-order chi connectivity index (χ0) is 18.6. The van der Waals surface area contributed by atoms with E-state index < -0.39 is 5.41 Å². The molecule has 0 atom stereocenters. The van der Waals surface area contributed by atoms with Crippen LogP contribution in [0.4, 0.5) is 0 Å². The second kappa shape index (κ2) is 7.99. The smallest absolute Gasteiger partial charge is 0.236 e. The Balaban J connectivity index is 1.41. The Bertz CT molecular complexity index is 678. The number of ketones is 1. The third kappa shape index (κ3) is 3.96. The molecule has 1 aliphatic carbocycles. The predicted octanol–water partition coefficient (Wildman–Crippen LogP) is 1.72. The van der Waals surface area contributed by atoms with E-state index in [1.165, 1.54) is 4.90 Å². The molecule has 6 heteroatoms. The highest BCUT2D eigenvalue weighted by Gasteiger charge is 2.52. The normalized spacial score (nSPS) is 18.7. The van der Waals surface area contributed by atoms with Crippen molar-refractivity contribution in [3.63, 3.8) is 0 Å². The molecular formula is C20H26N2O4. The fraction of sp³-hybridized carbons (Fsp3) is 0.550. The average Bonchev–Trinajstić information content (AvgIpc) is 3.20. The number of nitrogens with zero attached hydrogens (tertiary/aromatic N) is 1. The zero-order valence-electron chi connectivity index (χ0n) is 15.3. The number of nitrogens with one attached hydrogen (secondary N) is 1. The van der Waals surface area contributed by atoms with Gasteiger partial charge in [0.05, 0.1) is 25.6 Å². The monoisotopic (exact) mass is 358 g/mol. The summed E-state index contributed by atoms with van der Waals surface area (Å²) in [7, 11) is 1.63. The Labute approximate surface area is 153 Å². The van der Waals surface area contributed by atoms with Crippen LogP contribution in [0.3, 0.4) is 0 Å². The van der Waals surface area contributed by atoms with Crippen LogP contribution in [0, 0.1) is 5.41 Å². The van der Waals surface area contributed by atoms with E-state index in [1.54, 1.807) is 7.11 Å². The summed E-state index contributed by atoms with van der Waals surface area (Å²) in [5, 5.41) is 3.10. The highest BCUT2D eigenvalue weighted by atomic mass is 16.5. The van der Waals surface area contributed by atoms with Gasteiger partial charge in [-0.1, -0.05) is 25.0 Å². The number of imide groups is 1. The van der Waals surface area contributed by atoms with Crippen LogP contribution in [0.25, 0.3) is 0 Å². The zero-order valence-corrected chi connectivity index (χ0v) is 15.3. The predicted molar refractivity (Wildman–Crippen MR) is 96.8 cm³/mol. The molecule has 3 rings (SSSR count). The van der Waals surface area contributed by atoms with E-state index in [0.717, 1.165) is 43.4 Å². The van der Waals surface area contributed by atoms with E-state index in [0.29, 0.717) is 6.54 Å². The minimum atomic E-state index is -0.501. The van der Waals surface area contributed by atoms with E-state index in [9.17, 15) is 14.4 Å². The van der Waals surface area contributed by atoms with Crippen molar-refractivity contribution in [2.45, 2.75) is 38.5 Å². The standard InChI is InChI=1S/C20H26N2O4/c1-26-17-6-4-15(5-7-17)8-11-21-13-16(23)14-22-18(24)12-20(19(22)25)9-2-3-10-20/h4-7,21H,2-3,8-14H2,1H3. The van der Waals surface area contributed by atoms with E-state index in [2.05, 4.69) is 5.32 Å². The van der Waals surface area contributed by atoms with Crippen LogP contribution >= 0.6 is 0 Å². The molecule has 2 aliphatic rings. The Hall–Kier alpha value is -2.21. The Morgan fingerprint density at radius 2 is 1.88 bits per heavy atom. The highest BCUT2D eigenvalue weighted by molar-refractivity contribution is 6.08. The number of carbonyl (C=O) groups excluding carboxylic acids is 3. The molecule has 2 amide bonds. The van der Waals surface area contributed by atoms with Crippen molar-refractivity contribution >= 4 is 17.6 Å². The number of rotatable bonds is 8. The Morgan fingerprint density at radius 3 is 2.54 bits per heavy atom. The minimum absolute atomic E-state index is 0.102. The number of carbonyl (C=O) groups is 3. The van der Waals surface area contributed by atoms with Crippen LogP contribution < -0.4 is 10.1 Å². The van der Waals surface area contributed by atoms with Crippen LogP contribution in [-0.4, -0.2) is 49.2 Å². The van der Waals surface area contributed by atoms with Gasteiger partial charge in [0.15, 0.2) is 5.78 Å². The fourth-order valence-corrected chi connectivity index (χ4v) is 3.95. The summed E-state index contributed by atoms with van der Waals surface area (Å²) < 4.78 is 5.12. The lowest BCUT2D eigenvalue weighted by atomic mass is 9.84. The van der Waals surface area contributed by atoms with Gasteiger partial charge in [-0.3, -0.25) is 19.3 Å². The van der Waals surface area contributed by atoms with Gasteiger partial charge in [-0.05, 0) is 43.5 Å². The molecule has 1 saturated heterocycles. The number of ether oxygens (including phenoxy) is 1. The SMILES string of the molecule is COc1ccc(CCNCC(=O)CN2C(=O)CC3(CCCC3)C2=O)cc1. The number of likely N-dealkylation sites (tertiary alicyclic amines) is 1. The van der Waals surface area contributed by atoms with E-state index >= 15 is 0 Å². The van der Waals surface area contributed by atoms with E-state index in [1.807, 2.05) is 24.3 Å². The number of methoxy groups -OCH3 is 1. The van der Waals surface area contributed by atoms with E-state index in [-0.39, 0.29) is 37.1 Å². The molecule has 0 bridgehead atoms. The second-order valence-corrected chi connectivity index (χ2v) is 7.26. The molecule has 1 spiro atoms. The first-order valence-corrected chi connectivity index (χ1v) is 9.24. The maximum Gasteiger partial charge on any atom is 0.236 e. The molecule has 140 valence electrons. The number of amides is 2. The van der Waals surface area contributed by atoms with Gasteiger partial charge in [0.2, 0.25) is 11.8 Å². The van der Waals surface area contributed by atoms with Gasteiger partial charge in [-0.25, -0.2) is 0 Å². The van der Waals surface area contributed by atoms with Crippen LogP contribution in [0.1, 0.15) is 37.7 Å². The largest absolute Gasteiger partial charge is 0.497 e. The average molecular weight is 358 g/mol. The van der Waals surface area contributed by atoms with Crippen molar-refractivity contribution in [2.24, 2.45) is 5.41 Å². The summed E-state index contributed by atoms with van der Waals surface area (Å²) in [4.78, 5) is 38.1. The number of Topliss-reactive ketones (excluding diaryl/α,β-unsaturated/α-hetero) is 1. The van der Waals surface area contributed by atoms with Gasteiger partial charge in [0, 0.05) is 6.42 Å². The van der Waals surface area contributed by atoms with Crippen molar-refractivity contribution in [2.75, 3.05) is 26.7 Å². The summed E-state index contributed by atoms with van der Waals surface area (Å²) in [6.45, 7) is 0.721. The van der Waals surface area contributed by atoms with Crippen molar-refractivity contribution in [1.82, 2.24) is 10.2 Å². The first kappa shape index (κ1) is 18.6. The van der Waals surface area contributed by atoms with Crippen molar-refractivity contribution in [3.8, 4) is 5.75 Å². The molecule has 1 aromatic rings. The summed E-state index contributed by atoms with van der Waals surface area (Å²) in [6.07, 6.45) is 4.62. The molecule has 1 saturated carbocycles. The second-order valence-electron chi connectivity index (χ2n) is 7.26. The molecule has 2 fully saturated rings. The lowest BCUT2D eigenvalue weighted by Crippen LogP contribution is -2.40. The minimum Gasteiger partial charge on any atom is -0.497 e. The molecule has 0 radical (unpaired) electrons. The van der Waals surface area contributed by atoms with Gasteiger partial charge in [-0.15, -0.1) is 0 Å². The summed E-state index contributed by atoms with van der Waals surface area (Å²) in [5.41, 5.74) is 0.651. The van der Waals surface area contributed by atoms with E-state index in [4.69, 9.17) is 4.74 Å². The van der Waals surface area contributed by atoms with Crippen LogP contribution in [0.15, 0.2) is 24.3 Å². The molecular weight excluding hydrogens is 332 g/mol. The van der Waals surface area contributed by atoms with Crippen LogP contribution in [0.5, 0.6) is 5.75 Å². The van der Waals surface area contributed by atoms with Gasteiger partial charge in [0.1, 0.15) is 5.75 Å². The number of hydrogen-bond acceptors (Lipinski definition) is 5. The fourth-order valence-electron chi connectivity index (χ4n) is 3.95. The molecule has 26 heavy (non-hydrogen) atoms. The van der Waals surface area contributed by atoms with Gasteiger partial charge < -0.3 is 10.1 Å². The molecule has 1 heterocycles. The number of hydrogen-bond donors (Lipinski definition) is 1. The third-order valence-electron chi connectivity index (χ3n) is 5.46. The highest BCUT2D eigenvalue weighted by Crippen LogP contribution is 2.46. The van der Waals surface area contributed by atoms with Crippen molar-refractivity contribution in [1.29, 1.82) is 0 Å². The van der Waals surface area contributed by atoms with Crippen LogP contribution in [0.2, 0.25) is 0 Å². The van der Waals surface area contributed by atoms with Crippen molar-refractivity contribution < 1.29 is 19.1 Å². The molecule has 1 aromatic carbocycles. The van der Waals surface area contributed by atoms with Crippen molar-refractivity contribution in [3.05, 3.63) is 29.8 Å². The summed E-state index contributed by atoms with van der Waals surface area (Å²) in [6, 6.07) is 7.80. The molecule has 0 unspecified atom stereocenters. The lowest BCUT2D eigenvalue weighted by Gasteiger charge is -2.20. The lowest BCUT2D eigenvalue weighted by molar-refractivity contribution is -0.144. The first-order valence-electron chi connectivity index (χ1n) is 9.24.